The molecule has 0 aliphatic carbocycles. The summed E-state index contributed by atoms with van der Waals surface area (Å²) in [7, 11) is 1.62. The van der Waals surface area contributed by atoms with Crippen LogP contribution in [0.5, 0.6) is 11.5 Å². The molecule has 5 nitrogen and oxygen atoms in total. The zero-order valence-corrected chi connectivity index (χ0v) is 21.2. The molecule has 0 aromatic heterocycles. The van der Waals surface area contributed by atoms with E-state index in [2.05, 4.69) is 45.2 Å². The number of methoxy groups -OCH3 is 1. The van der Waals surface area contributed by atoms with Crippen LogP contribution in [0.2, 0.25) is 0 Å². The average molecular weight is 525 g/mol. The van der Waals surface area contributed by atoms with Crippen molar-refractivity contribution in [3.63, 3.8) is 0 Å². The van der Waals surface area contributed by atoms with E-state index in [0.29, 0.717) is 36.1 Å². The van der Waals surface area contributed by atoms with Crippen molar-refractivity contribution < 1.29 is 14.3 Å². The van der Waals surface area contributed by atoms with Crippen LogP contribution in [0.3, 0.4) is 0 Å². The Morgan fingerprint density at radius 1 is 1.09 bits per heavy atom. The molecule has 1 heterocycles. The van der Waals surface area contributed by atoms with Gasteiger partial charge >= 0.3 is 0 Å². The topological polar surface area (TPSA) is 51.1 Å². The number of halogens is 1. The summed E-state index contributed by atoms with van der Waals surface area (Å²) in [5.74, 6) is 1.21. The van der Waals surface area contributed by atoms with Crippen molar-refractivity contribution in [2.45, 2.75) is 20.5 Å². The molecule has 7 heteroatoms. The van der Waals surface area contributed by atoms with E-state index in [1.807, 2.05) is 50.3 Å². The molecule has 3 aromatic rings. The maximum atomic E-state index is 12.8. The van der Waals surface area contributed by atoms with E-state index in [1.165, 1.54) is 22.5 Å². The number of hydrogen-bond donors (Lipinski definition) is 0. The van der Waals surface area contributed by atoms with E-state index in [-0.39, 0.29) is 5.91 Å². The van der Waals surface area contributed by atoms with E-state index in [9.17, 15) is 4.79 Å². The number of carbonyl (C=O) groups excluding carboxylic acids is 1. The predicted octanol–water partition coefficient (Wildman–Crippen LogP) is 6.50. The quantitative estimate of drug-likeness (QED) is 0.331. The summed E-state index contributed by atoms with van der Waals surface area (Å²) in [4.78, 5) is 19.6. The first-order valence-corrected chi connectivity index (χ1v) is 12.4. The summed E-state index contributed by atoms with van der Waals surface area (Å²) >= 11 is 5.04. The molecule has 0 atom stereocenters. The minimum atomic E-state index is -0.0307. The molecule has 33 heavy (non-hydrogen) atoms. The third-order valence-electron chi connectivity index (χ3n) is 5.33. The molecule has 1 saturated heterocycles. The van der Waals surface area contributed by atoms with Crippen molar-refractivity contribution in [3.05, 3.63) is 75.1 Å². The first-order valence-electron chi connectivity index (χ1n) is 10.8. The molecule has 0 saturated carbocycles. The zero-order valence-electron chi connectivity index (χ0n) is 18.8. The molecular weight excluding hydrogens is 500 g/mol. The minimum absolute atomic E-state index is 0.0307. The molecule has 0 spiro atoms. The summed E-state index contributed by atoms with van der Waals surface area (Å²) in [6.45, 7) is 5.56. The smallest absolute Gasteiger partial charge is 0.266 e. The maximum absolute atomic E-state index is 12.8. The number of thioether (sulfide) groups is 1. The second-order valence-electron chi connectivity index (χ2n) is 7.37. The SMILES string of the molecule is CCN=C1S/C(=C\c2cc(OC)c(OCc3cccc4ccccc34)cc2Br)C(=O)N1CC. The molecule has 170 valence electrons. The van der Waals surface area contributed by atoms with Crippen molar-refractivity contribution >= 4 is 55.6 Å². The van der Waals surface area contributed by atoms with E-state index >= 15 is 0 Å². The highest BCUT2D eigenvalue weighted by Gasteiger charge is 2.32. The zero-order chi connectivity index (χ0) is 23.4. The number of aliphatic imine (C=N–C) groups is 1. The Labute approximate surface area is 206 Å². The lowest BCUT2D eigenvalue weighted by atomic mass is 10.1. The van der Waals surface area contributed by atoms with Gasteiger partial charge < -0.3 is 9.47 Å². The van der Waals surface area contributed by atoms with Gasteiger partial charge in [0.15, 0.2) is 16.7 Å². The van der Waals surface area contributed by atoms with Crippen LogP contribution in [0, 0.1) is 0 Å². The first kappa shape index (κ1) is 23.4. The number of benzene rings is 3. The molecule has 0 N–H and O–H groups in total. The van der Waals surface area contributed by atoms with Crippen molar-refractivity contribution in [2.24, 2.45) is 4.99 Å². The molecule has 0 radical (unpaired) electrons. The van der Waals surface area contributed by atoms with Gasteiger partial charge in [-0.1, -0.05) is 58.4 Å². The summed E-state index contributed by atoms with van der Waals surface area (Å²) < 4.78 is 12.6. The number of fused-ring (bicyclic) bond motifs is 1. The fourth-order valence-electron chi connectivity index (χ4n) is 3.69. The minimum Gasteiger partial charge on any atom is -0.493 e. The molecule has 0 unspecified atom stereocenters. The van der Waals surface area contributed by atoms with Crippen LogP contribution in [0.4, 0.5) is 0 Å². The Morgan fingerprint density at radius 2 is 1.88 bits per heavy atom. The average Bonchev–Trinajstić information content (AvgIpc) is 3.12. The third-order valence-corrected chi connectivity index (χ3v) is 7.06. The van der Waals surface area contributed by atoms with Crippen LogP contribution in [0.25, 0.3) is 16.8 Å². The first-order chi connectivity index (χ1) is 16.0. The fourth-order valence-corrected chi connectivity index (χ4v) is 5.22. The lowest BCUT2D eigenvalue weighted by Gasteiger charge is -2.14. The summed E-state index contributed by atoms with van der Waals surface area (Å²) in [6.07, 6.45) is 1.87. The van der Waals surface area contributed by atoms with Gasteiger partial charge in [-0.05, 0) is 65.7 Å². The van der Waals surface area contributed by atoms with Gasteiger partial charge in [0.1, 0.15) is 6.61 Å². The Balaban J connectivity index is 1.60. The highest BCUT2D eigenvalue weighted by molar-refractivity contribution is 9.10. The fraction of sp³-hybridized carbons (Fsp3) is 0.231. The Hall–Kier alpha value is -2.77. The Morgan fingerprint density at radius 3 is 2.64 bits per heavy atom. The van der Waals surface area contributed by atoms with Crippen molar-refractivity contribution in [3.8, 4) is 11.5 Å². The van der Waals surface area contributed by atoms with Crippen LogP contribution in [-0.2, 0) is 11.4 Å². The second-order valence-corrected chi connectivity index (χ2v) is 9.23. The van der Waals surface area contributed by atoms with Crippen LogP contribution < -0.4 is 9.47 Å². The number of amidine groups is 1. The number of rotatable bonds is 7. The van der Waals surface area contributed by atoms with Gasteiger partial charge in [0.25, 0.3) is 5.91 Å². The summed E-state index contributed by atoms with van der Waals surface area (Å²) in [6, 6.07) is 18.2. The van der Waals surface area contributed by atoms with E-state index in [0.717, 1.165) is 20.8 Å². The molecular formula is C26H25BrN2O3S. The molecule has 3 aromatic carbocycles. The number of hydrogen-bond acceptors (Lipinski definition) is 5. The van der Waals surface area contributed by atoms with Gasteiger partial charge in [-0.3, -0.25) is 14.7 Å². The van der Waals surface area contributed by atoms with Gasteiger partial charge in [-0.2, -0.15) is 0 Å². The normalized spacial score (nSPS) is 16.2. The molecule has 4 rings (SSSR count). The number of nitrogens with zero attached hydrogens (tertiary/aromatic N) is 2. The van der Waals surface area contributed by atoms with Gasteiger partial charge in [-0.25, -0.2) is 0 Å². The Kier molecular flexibility index (Phi) is 7.40. The van der Waals surface area contributed by atoms with Crippen molar-refractivity contribution in [2.75, 3.05) is 20.2 Å². The highest BCUT2D eigenvalue weighted by Crippen LogP contribution is 2.38. The third kappa shape index (κ3) is 4.94. The summed E-state index contributed by atoms with van der Waals surface area (Å²) in [5, 5.41) is 3.09. The van der Waals surface area contributed by atoms with Crippen LogP contribution in [0.1, 0.15) is 25.0 Å². The summed E-state index contributed by atoms with van der Waals surface area (Å²) in [5.41, 5.74) is 1.95. The van der Waals surface area contributed by atoms with E-state index in [1.54, 1.807) is 12.0 Å². The van der Waals surface area contributed by atoms with E-state index in [4.69, 9.17) is 9.47 Å². The van der Waals surface area contributed by atoms with Gasteiger partial charge in [0.2, 0.25) is 0 Å². The number of amides is 1. The predicted molar refractivity (Wildman–Crippen MR) is 140 cm³/mol. The van der Waals surface area contributed by atoms with Crippen molar-refractivity contribution in [1.82, 2.24) is 4.90 Å². The Bertz CT molecular complexity index is 1250. The molecule has 1 aliphatic heterocycles. The largest absolute Gasteiger partial charge is 0.493 e. The van der Waals surface area contributed by atoms with Gasteiger partial charge in [0.05, 0.1) is 12.0 Å². The van der Waals surface area contributed by atoms with Crippen LogP contribution in [-0.4, -0.2) is 36.2 Å². The van der Waals surface area contributed by atoms with Crippen molar-refractivity contribution in [1.29, 1.82) is 0 Å². The molecule has 1 amide bonds. The van der Waals surface area contributed by atoms with Crippen LogP contribution >= 0.6 is 27.7 Å². The standard InChI is InChI=1S/C26H25BrN2O3S/c1-4-28-26-29(5-2)25(30)24(33-26)14-19-13-22(31-3)23(15-21(19)27)32-16-18-11-8-10-17-9-6-7-12-20(17)18/h6-15H,4-5,16H2,1-3H3/b24-14-,28-26?. The van der Waals surface area contributed by atoms with Gasteiger partial charge in [-0.15, -0.1) is 0 Å². The lowest BCUT2D eigenvalue weighted by Crippen LogP contribution is -2.28. The monoisotopic (exact) mass is 524 g/mol. The molecule has 0 bridgehead atoms. The van der Waals surface area contributed by atoms with Gasteiger partial charge in [0, 0.05) is 17.6 Å². The molecule has 1 aliphatic rings. The molecule has 1 fully saturated rings. The number of ether oxygens (including phenoxy) is 2. The lowest BCUT2D eigenvalue weighted by molar-refractivity contribution is -0.122. The van der Waals surface area contributed by atoms with Crippen LogP contribution in [0.15, 0.2) is 69.0 Å². The number of carbonyl (C=O) groups is 1. The highest BCUT2D eigenvalue weighted by atomic mass is 79.9. The number of likely N-dealkylation sites (N-methyl/N-ethyl adjacent to an activating group) is 1. The second kappa shape index (κ2) is 10.4. The van der Waals surface area contributed by atoms with E-state index < -0.39 is 0 Å². The maximum Gasteiger partial charge on any atom is 0.266 e.